The van der Waals surface area contributed by atoms with E-state index < -0.39 is 5.97 Å². The largest absolute Gasteiger partial charge is 0.481 e. The smallest absolute Gasteiger partial charge is 0.303 e. The van der Waals surface area contributed by atoms with Crippen LogP contribution in [-0.2, 0) is 4.79 Å². The molecular formula is C13H26N2O2. The van der Waals surface area contributed by atoms with E-state index >= 15 is 0 Å². The summed E-state index contributed by atoms with van der Waals surface area (Å²) in [5, 5.41) is 8.79. The van der Waals surface area contributed by atoms with Crippen molar-refractivity contribution in [3.05, 3.63) is 0 Å². The summed E-state index contributed by atoms with van der Waals surface area (Å²) in [7, 11) is 2.12. The highest BCUT2D eigenvalue weighted by Crippen LogP contribution is 2.16. The van der Waals surface area contributed by atoms with Crippen LogP contribution in [-0.4, -0.2) is 59.6 Å². The highest BCUT2D eigenvalue weighted by molar-refractivity contribution is 5.66. The third-order valence-corrected chi connectivity index (χ3v) is 3.93. The van der Waals surface area contributed by atoms with Crippen molar-refractivity contribution in [3.63, 3.8) is 0 Å². The SMILES string of the molecule is CCC(C)N1CCCN(C)C(CCC(=O)O)C1. The van der Waals surface area contributed by atoms with Gasteiger partial charge in [0, 0.05) is 25.0 Å². The Labute approximate surface area is 105 Å². The fourth-order valence-electron chi connectivity index (χ4n) is 2.47. The Morgan fingerprint density at radius 3 is 2.76 bits per heavy atom. The molecule has 1 aliphatic rings. The first-order chi connectivity index (χ1) is 8.04. The molecule has 1 aliphatic heterocycles. The van der Waals surface area contributed by atoms with Gasteiger partial charge in [0.25, 0.3) is 0 Å². The summed E-state index contributed by atoms with van der Waals surface area (Å²) in [4.78, 5) is 15.5. The zero-order valence-corrected chi connectivity index (χ0v) is 11.4. The van der Waals surface area contributed by atoms with Gasteiger partial charge in [0.15, 0.2) is 0 Å². The van der Waals surface area contributed by atoms with Gasteiger partial charge in [0.2, 0.25) is 0 Å². The van der Waals surface area contributed by atoms with E-state index in [-0.39, 0.29) is 6.42 Å². The van der Waals surface area contributed by atoms with Crippen LogP contribution in [0, 0.1) is 0 Å². The van der Waals surface area contributed by atoms with Crippen LogP contribution in [0.3, 0.4) is 0 Å². The summed E-state index contributed by atoms with van der Waals surface area (Å²) >= 11 is 0. The molecule has 4 nitrogen and oxygen atoms in total. The number of hydrogen-bond acceptors (Lipinski definition) is 3. The number of nitrogens with zero attached hydrogens (tertiary/aromatic N) is 2. The van der Waals surface area contributed by atoms with E-state index in [0.29, 0.717) is 12.1 Å². The highest BCUT2D eigenvalue weighted by Gasteiger charge is 2.24. The van der Waals surface area contributed by atoms with Crippen molar-refractivity contribution >= 4 is 5.97 Å². The summed E-state index contributed by atoms with van der Waals surface area (Å²) < 4.78 is 0. The molecule has 0 spiro atoms. The second kappa shape index (κ2) is 6.97. The molecule has 1 N–H and O–H groups in total. The van der Waals surface area contributed by atoms with E-state index in [1.807, 2.05) is 0 Å². The van der Waals surface area contributed by atoms with Crippen LogP contribution < -0.4 is 0 Å². The lowest BCUT2D eigenvalue weighted by molar-refractivity contribution is -0.137. The molecule has 0 aromatic carbocycles. The molecule has 0 aromatic heterocycles. The molecule has 2 atom stereocenters. The number of likely N-dealkylation sites (N-methyl/N-ethyl adjacent to an activating group) is 1. The minimum atomic E-state index is -0.683. The Kier molecular flexibility index (Phi) is 5.92. The Hall–Kier alpha value is -0.610. The standard InChI is InChI=1S/C13H26N2O2/c1-4-11(2)15-9-5-8-14(3)12(10-15)6-7-13(16)17/h11-12H,4-10H2,1-3H3,(H,16,17). The van der Waals surface area contributed by atoms with Crippen LogP contribution in [0.25, 0.3) is 0 Å². The maximum absolute atomic E-state index is 10.7. The molecule has 0 aliphatic carbocycles. The van der Waals surface area contributed by atoms with Crippen LogP contribution in [0.2, 0.25) is 0 Å². The third-order valence-electron chi connectivity index (χ3n) is 3.93. The maximum atomic E-state index is 10.7. The second-order valence-electron chi connectivity index (χ2n) is 5.17. The van der Waals surface area contributed by atoms with Crippen LogP contribution in [0.4, 0.5) is 0 Å². The van der Waals surface area contributed by atoms with Gasteiger partial charge in [0.05, 0.1) is 0 Å². The second-order valence-corrected chi connectivity index (χ2v) is 5.17. The molecule has 0 bridgehead atoms. The first kappa shape index (κ1) is 14.5. The van der Waals surface area contributed by atoms with E-state index in [0.717, 1.165) is 32.5 Å². The third kappa shape index (κ3) is 4.64. The molecule has 1 heterocycles. The molecule has 0 amide bonds. The lowest BCUT2D eigenvalue weighted by Crippen LogP contribution is -2.42. The lowest BCUT2D eigenvalue weighted by Gasteiger charge is -2.31. The summed E-state index contributed by atoms with van der Waals surface area (Å²) in [6.07, 6.45) is 3.39. The van der Waals surface area contributed by atoms with Crippen molar-refractivity contribution in [1.82, 2.24) is 9.80 Å². The number of carboxylic acid groups (broad SMARTS) is 1. The van der Waals surface area contributed by atoms with Crippen LogP contribution >= 0.6 is 0 Å². The van der Waals surface area contributed by atoms with Crippen LogP contribution in [0.1, 0.15) is 39.5 Å². The molecule has 1 fully saturated rings. The van der Waals surface area contributed by atoms with Crippen molar-refractivity contribution in [2.75, 3.05) is 26.7 Å². The van der Waals surface area contributed by atoms with Crippen LogP contribution in [0.5, 0.6) is 0 Å². The van der Waals surface area contributed by atoms with E-state index in [4.69, 9.17) is 5.11 Å². The molecule has 0 radical (unpaired) electrons. The molecule has 2 unspecified atom stereocenters. The van der Waals surface area contributed by atoms with Gasteiger partial charge in [-0.05, 0) is 46.3 Å². The van der Waals surface area contributed by atoms with Crippen molar-refractivity contribution < 1.29 is 9.90 Å². The minimum absolute atomic E-state index is 0.281. The van der Waals surface area contributed by atoms with Crippen molar-refractivity contribution in [2.24, 2.45) is 0 Å². The van der Waals surface area contributed by atoms with E-state index in [9.17, 15) is 4.79 Å². The van der Waals surface area contributed by atoms with Gasteiger partial charge in [-0.15, -0.1) is 0 Å². The Morgan fingerprint density at radius 2 is 2.18 bits per heavy atom. The normalized spacial score (nSPS) is 25.5. The molecule has 17 heavy (non-hydrogen) atoms. The van der Waals surface area contributed by atoms with E-state index in [1.54, 1.807) is 0 Å². The van der Waals surface area contributed by atoms with Gasteiger partial charge >= 0.3 is 5.97 Å². The summed E-state index contributed by atoms with van der Waals surface area (Å²) in [6, 6.07) is 0.997. The van der Waals surface area contributed by atoms with Crippen molar-refractivity contribution in [3.8, 4) is 0 Å². The Bertz CT molecular complexity index is 246. The maximum Gasteiger partial charge on any atom is 0.303 e. The number of carboxylic acids is 1. The number of rotatable bonds is 5. The number of aliphatic carboxylic acids is 1. The summed E-state index contributed by atoms with van der Waals surface area (Å²) in [5.41, 5.74) is 0. The summed E-state index contributed by atoms with van der Waals surface area (Å²) in [5.74, 6) is -0.683. The highest BCUT2D eigenvalue weighted by atomic mass is 16.4. The average molecular weight is 242 g/mol. The first-order valence-corrected chi connectivity index (χ1v) is 6.70. The van der Waals surface area contributed by atoms with Gasteiger partial charge in [-0.2, -0.15) is 0 Å². The molecule has 1 saturated heterocycles. The zero-order valence-electron chi connectivity index (χ0n) is 11.4. The Balaban J connectivity index is 2.55. The predicted octanol–water partition coefficient (Wildman–Crippen LogP) is 1.66. The lowest BCUT2D eigenvalue weighted by atomic mass is 10.1. The zero-order chi connectivity index (χ0) is 12.8. The van der Waals surface area contributed by atoms with Crippen molar-refractivity contribution in [2.45, 2.75) is 51.6 Å². The number of carbonyl (C=O) groups is 1. The average Bonchev–Trinajstić information content (AvgIpc) is 2.47. The monoisotopic (exact) mass is 242 g/mol. The quantitative estimate of drug-likeness (QED) is 0.796. The predicted molar refractivity (Wildman–Crippen MR) is 69.2 cm³/mol. The van der Waals surface area contributed by atoms with Crippen molar-refractivity contribution in [1.29, 1.82) is 0 Å². The molecular weight excluding hydrogens is 216 g/mol. The molecule has 0 saturated carbocycles. The first-order valence-electron chi connectivity index (χ1n) is 6.70. The minimum Gasteiger partial charge on any atom is -0.481 e. The fraction of sp³-hybridized carbons (Fsp3) is 0.923. The van der Waals surface area contributed by atoms with E-state index in [2.05, 4.69) is 30.7 Å². The van der Waals surface area contributed by atoms with Gasteiger partial charge in [-0.1, -0.05) is 6.92 Å². The number of hydrogen-bond donors (Lipinski definition) is 1. The van der Waals surface area contributed by atoms with Gasteiger partial charge < -0.3 is 10.0 Å². The molecule has 1 rings (SSSR count). The topological polar surface area (TPSA) is 43.8 Å². The fourth-order valence-corrected chi connectivity index (χ4v) is 2.47. The van der Waals surface area contributed by atoms with E-state index in [1.165, 1.54) is 6.42 Å². The van der Waals surface area contributed by atoms with Gasteiger partial charge in [-0.25, -0.2) is 0 Å². The molecule has 0 aromatic rings. The van der Waals surface area contributed by atoms with Crippen LogP contribution in [0.15, 0.2) is 0 Å². The van der Waals surface area contributed by atoms with Gasteiger partial charge in [-0.3, -0.25) is 9.69 Å². The molecule has 100 valence electrons. The van der Waals surface area contributed by atoms with Gasteiger partial charge in [0.1, 0.15) is 0 Å². The molecule has 4 heteroatoms. The summed E-state index contributed by atoms with van der Waals surface area (Å²) in [6.45, 7) is 7.71. The Morgan fingerprint density at radius 1 is 1.47 bits per heavy atom.